The van der Waals surface area contributed by atoms with Crippen molar-refractivity contribution in [3.8, 4) is 0 Å². The Morgan fingerprint density at radius 1 is 1.61 bits per heavy atom. The first-order valence-corrected chi connectivity index (χ1v) is 7.02. The van der Waals surface area contributed by atoms with Crippen molar-refractivity contribution in [2.24, 2.45) is 0 Å². The summed E-state index contributed by atoms with van der Waals surface area (Å²) in [5, 5.41) is 16.9. The zero-order chi connectivity index (χ0) is 13.8. The Morgan fingerprint density at radius 3 is 2.72 bits per heavy atom. The lowest BCUT2D eigenvalue weighted by molar-refractivity contribution is -0.126. The minimum Gasteiger partial charge on any atom is -0.384 e. The van der Waals surface area contributed by atoms with E-state index in [1.807, 2.05) is 42.7 Å². The van der Waals surface area contributed by atoms with Gasteiger partial charge in [0.25, 0.3) is 0 Å². The van der Waals surface area contributed by atoms with Gasteiger partial charge in [-0.05, 0) is 49.8 Å². The summed E-state index contributed by atoms with van der Waals surface area (Å²) < 4.78 is 0. The lowest BCUT2D eigenvalue weighted by atomic mass is 9.99. The van der Waals surface area contributed by atoms with Gasteiger partial charge >= 0.3 is 0 Å². The van der Waals surface area contributed by atoms with Crippen LogP contribution in [0.1, 0.15) is 25.8 Å². The van der Waals surface area contributed by atoms with Crippen LogP contribution in [-0.4, -0.2) is 42.6 Å². The smallest absolute Gasteiger partial charge is 0.237 e. The summed E-state index contributed by atoms with van der Waals surface area (Å²) in [7, 11) is 3.76. The minimum atomic E-state index is -1.01. The van der Waals surface area contributed by atoms with Gasteiger partial charge in [0.15, 0.2) is 0 Å². The minimum absolute atomic E-state index is 0.0435. The number of thiophene rings is 1. The standard InChI is InChI=1S/C13H22N2O2S/c1-5-11(15(3)4)12(16)14-9-13(2,17)10-6-7-18-8-10/h6-8,11,17H,5,9H2,1-4H3,(H,14,16). The molecule has 2 N–H and O–H groups in total. The molecule has 5 heteroatoms. The monoisotopic (exact) mass is 270 g/mol. The molecule has 1 aromatic rings. The third-order valence-corrected chi connectivity index (χ3v) is 3.75. The van der Waals surface area contributed by atoms with Crippen molar-refractivity contribution in [1.29, 1.82) is 0 Å². The van der Waals surface area contributed by atoms with E-state index in [0.29, 0.717) is 0 Å². The molecule has 0 saturated heterocycles. The number of carbonyl (C=O) groups is 1. The van der Waals surface area contributed by atoms with Crippen LogP contribution in [0.15, 0.2) is 16.8 Å². The Balaban J connectivity index is 2.57. The molecule has 0 aliphatic carbocycles. The number of rotatable bonds is 6. The molecule has 2 atom stereocenters. The maximum atomic E-state index is 12.0. The van der Waals surface area contributed by atoms with Gasteiger partial charge < -0.3 is 10.4 Å². The predicted octanol–water partition coefficient (Wildman–Crippen LogP) is 1.41. The molecule has 0 fully saturated rings. The second-order valence-electron chi connectivity index (χ2n) is 4.89. The topological polar surface area (TPSA) is 52.6 Å². The molecule has 0 aliphatic rings. The van der Waals surface area contributed by atoms with Gasteiger partial charge in [0, 0.05) is 0 Å². The largest absolute Gasteiger partial charge is 0.384 e. The second-order valence-corrected chi connectivity index (χ2v) is 5.67. The average molecular weight is 270 g/mol. The summed E-state index contributed by atoms with van der Waals surface area (Å²) in [6.07, 6.45) is 0.749. The molecular weight excluding hydrogens is 248 g/mol. The first-order valence-electron chi connectivity index (χ1n) is 6.07. The molecule has 0 saturated carbocycles. The van der Waals surface area contributed by atoms with Gasteiger partial charge in [-0.1, -0.05) is 6.92 Å². The summed E-state index contributed by atoms with van der Waals surface area (Å²) >= 11 is 1.54. The number of nitrogens with one attached hydrogen (secondary N) is 1. The Labute approximate surface area is 113 Å². The first-order chi connectivity index (χ1) is 8.38. The number of hydrogen-bond acceptors (Lipinski definition) is 4. The third kappa shape index (κ3) is 3.80. The Morgan fingerprint density at radius 2 is 2.28 bits per heavy atom. The number of carbonyl (C=O) groups excluding carboxylic acids is 1. The zero-order valence-electron chi connectivity index (χ0n) is 11.4. The molecule has 1 aromatic heterocycles. The van der Waals surface area contributed by atoms with Gasteiger partial charge in [-0.15, -0.1) is 0 Å². The quantitative estimate of drug-likeness (QED) is 0.822. The van der Waals surface area contributed by atoms with Crippen LogP contribution in [0.25, 0.3) is 0 Å². The molecule has 0 aromatic carbocycles. The first kappa shape index (κ1) is 15.1. The van der Waals surface area contributed by atoms with E-state index >= 15 is 0 Å². The van der Waals surface area contributed by atoms with Gasteiger partial charge in [0.1, 0.15) is 5.60 Å². The fourth-order valence-corrected chi connectivity index (χ4v) is 2.62. The van der Waals surface area contributed by atoms with E-state index in [0.717, 1.165) is 12.0 Å². The highest BCUT2D eigenvalue weighted by molar-refractivity contribution is 7.08. The van der Waals surface area contributed by atoms with E-state index in [1.54, 1.807) is 6.92 Å². The normalized spacial score (nSPS) is 16.3. The van der Waals surface area contributed by atoms with Crippen LogP contribution in [0.4, 0.5) is 0 Å². The number of aliphatic hydroxyl groups is 1. The molecular formula is C13H22N2O2S. The maximum absolute atomic E-state index is 12.0. The molecule has 0 bridgehead atoms. The van der Waals surface area contributed by atoms with Crippen molar-refractivity contribution in [3.05, 3.63) is 22.4 Å². The Bertz CT molecular complexity index is 374. The van der Waals surface area contributed by atoms with Gasteiger partial charge in [0.05, 0.1) is 12.6 Å². The fourth-order valence-electron chi connectivity index (χ4n) is 1.84. The molecule has 2 unspecified atom stereocenters. The SMILES string of the molecule is CCC(C(=O)NCC(C)(O)c1ccsc1)N(C)C. The highest BCUT2D eigenvalue weighted by Gasteiger charge is 2.26. The lowest BCUT2D eigenvalue weighted by Gasteiger charge is -2.26. The van der Waals surface area contributed by atoms with E-state index in [4.69, 9.17) is 0 Å². The Kier molecular flexibility index (Phi) is 5.31. The van der Waals surface area contributed by atoms with Crippen LogP contribution in [0, 0.1) is 0 Å². The van der Waals surface area contributed by atoms with Gasteiger partial charge in [0.2, 0.25) is 5.91 Å². The van der Waals surface area contributed by atoms with Crippen LogP contribution in [-0.2, 0) is 10.4 Å². The second kappa shape index (κ2) is 6.31. The molecule has 0 radical (unpaired) electrons. The van der Waals surface area contributed by atoms with Crippen molar-refractivity contribution < 1.29 is 9.90 Å². The third-order valence-electron chi connectivity index (χ3n) is 3.06. The molecule has 1 heterocycles. The van der Waals surface area contributed by atoms with E-state index in [2.05, 4.69) is 5.32 Å². The van der Waals surface area contributed by atoms with Gasteiger partial charge in [-0.25, -0.2) is 0 Å². The van der Waals surface area contributed by atoms with Crippen LogP contribution < -0.4 is 5.32 Å². The predicted molar refractivity (Wildman–Crippen MR) is 74.7 cm³/mol. The van der Waals surface area contributed by atoms with Gasteiger partial charge in [-0.2, -0.15) is 11.3 Å². The summed E-state index contributed by atoms with van der Waals surface area (Å²) in [5.41, 5.74) is -0.175. The van der Waals surface area contributed by atoms with E-state index in [9.17, 15) is 9.90 Å². The molecule has 1 rings (SSSR count). The van der Waals surface area contributed by atoms with Crippen molar-refractivity contribution in [1.82, 2.24) is 10.2 Å². The summed E-state index contributed by atoms with van der Waals surface area (Å²) in [6.45, 7) is 3.92. The fraction of sp³-hybridized carbons (Fsp3) is 0.615. The van der Waals surface area contributed by atoms with Crippen molar-refractivity contribution >= 4 is 17.2 Å². The molecule has 102 valence electrons. The molecule has 1 amide bonds. The zero-order valence-corrected chi connectivity index (χ0v) is 12.3. The van der Waals surface area contributed by atoms with E-state index in [-0.39, 0.29) is 18.5 Å². The van der Waals surface area contributed by atoms with Gasteiger partial charge in [-0.3, -0.25) is 9.69 Å². The summed E-state index contributed by atoms with van der Waals surface area (Å²) in [4.78, 5) is 13.9. The molecule has 0 aliphatic heterocycles. The molecule has 4 nitrogen and oxygen atoms in total. The van der Waals surface area contributed by atoms with Crippen LogP contribution >= 0.6 is 11.3 Å². The summed E-state index contributed by atoms with van der Waals surface area (Å²) in [6, 6.07) is 1.73. The Hall–Kier alpha value is -0.910. The highest BCUT2D eigenvalue weighted by Crippen LogP contribution is 2.22. The number of likely N-dealkylation sites (N-methyl/N-ethyl adjacent to an activating group) is 1. The molecule has 18 heavy (non-hydrogen) atoms. The van der Waals surface area contributed by atoms with E-state index in [1.165, 1.54) is 11.3 Å². The number of hydrogen-bond donors (Lipinski definition) is 2. The summed E-state index contributed by atoms with van der Waals surface area (Å²) in [5.74, 6) is -0.0435. The maximum Gasteiger partial charge on any atom is 0.237 e. The van der Waals surface area contributed by atoms with Crippen LogP contribution in [0.3, 0.4) is 0 Å². The number of nitrogens with zero attached hydrogens (tertiary/aromatic N) is 1. The van der Waals surface area contributed by atoms with Crippen LogP contribution in [0.5, 0.6) is 0 Å². The lowest BCUT2D eigenvalue weighted by Crippen LogP contribution is -2.47. The van der Waals surface area contributed by atoms with Crippen molar-refractivity contribution in [2.45, 2.75) is 31.9 Å². The van der Waals surface area contributed by atoms with Crippen LogP contribution in [0.2, 0.25) is 0 Å². The molecule has 0 spiro atoms. The van der Waals surface area contributed by atoms with Crippen molar-refractivity contribution in [3.63, 3.8) is 0 Å². The van der Waals surface area contributed by atoms with Crippen molar-refractivity contribution in [2.75, 3.05) is 20.6 Å². The highest BCUT2D eigenvalue weighted by atomic mass is 32.1. The number of amides is 1. The average Bonchev–Trinajstić information content (AvgIpc) is 2.81. The van der Waals surface area contributed by atoms with E-state index < -0.39 is 5.60 Å².